The summed E-state index contributed by atoms with van der Waals surface area (Å²) in [4.78, 5) is 0. The molecule has 1 atom stereocenters. The molecule has 3 nitrogen and oxygen atoms in total. The smallest absolute Gasteiger partial charge is 0.122 e. The minimum atomic E-state index is -0.0336. The van der Waals surface area contributed by atoms with Crippen molar-refractivity contribution in [2.75, 3.05) is 13.6 Å². The highest BCUT2D eigenvalue weighted by molar-refractivity contribution is 5.09. The van der Waals surface area contributed by atoms with Gasteiger partial charge >= 0.3 is 0 Å². The van der Waals surface area contributed by atoms with Gasteiger partial charge < -0.3 is 15.5 Å². The third-order valence-electron chi connectivity index (χ3n) is 1.55. The molecule has 0 fully saturated rings. The second-order valence-electron chi connectivity index (χ2n) is 2.61. The summed E-state index contributed by atoms with van der Waals surface area (Å²) in [5.74, 6) is 1.75. The number of rotatable bonds is 3. The highest BCUT2D eigenvalue weighted by Gasteiger charge is 2.07. The van der Waals surface area contributed by atoms with Gasteiger partial charge in [-0.15, -0.1) is 0 Å². The topological polar surface area (TPSA) is 51.2 Å². The molecule has 0 radical (unpaired) electrons. The maximum atomic E-state index is 5.76. The Morgan fingerprint density at radius 3 is 2.82 bits per heavy atom. The predicted octanol–water partition coefficient (Wildman–Crippen LogP) is 0.807. The van der Waals surface area contributed by atoms with Gasteiger partial charge in [-0.1, -0.05) is 0 Å². The zero-order valence-corrected chi connectivity index (χ0v) is 6.92. The van der Waals surface area contributed by atoms with E-state index in [4.69, 9.17) is 10.2 Å². The molecule has 3 N–H and O–H groups in total. The largest absolute Gasteiger partial charge is 0.465 e. The number of furan rings is 1. The lowest BCUT2D eigenvalue weighted by Gasteiger charge is -2.06. The van der Waals surface area contributed by atoms with Crippen LogP contribution in [0, 0.1) is 6.92 Å². The molecule has 11 heavy (non-hydrogen) atoms. The van der Waals surface area contributed by atoms with Gasteiger partial charge in [0.25, 0.3) is 0 Å². The van der Waals surface area contributed by atoms with Gasteiger partial charge in [0.1, 0.15) is 11.5 Å². The van der Waals surface area contributed by atoms with Gasteiger partial charge in [-0.2, -0.15) is 0 Å². The minimum Gasteiger partial charge on any atom is -0.465 e. The highest BCUT2D eigenvalue weighted by atomic mass is 16.3. The fourth-order valence-electron chi connectivity index (χ4n) is 0.973. The van der Waals surface area contributed by atoms with Crippen LogP contribution in [-0.4, -0.2) is 13.6 Å². The molecule has 0 aliphatic rings. The van der Waals surface area contributed by atoms with E-state index < -0.39 is 0 Å². The third-order valence-corrected chi connectivity index (χ3v) is 1.55. The number of nitrogens with one attached hydrogen (secondary N) is 1. The van der Waals surface area contributed by atoms with Crippen LogP contribution in [-0.2, 0) is 0 Å². The molecule has 0 saturated heterocycles. The molecular formula is C8H14N2O. The van der Waals surface area contributed by atoms with E-state index in [0.717, 1.165) is 18.1 Å². The van der Waals surface area contributed by atoms with Crippen molar-refractivity contribution < 1.29 is 4.42 Å². The molecule has 1 aromatic heterocycles. The van der Waals surface area contributed by atoms with Gasteiger partial charge in [0.05, 0.1) is 6.04 Å². The minimum absolute atomic E-state index is 0.0336. The molecule has 0 saturated carbocycles. The molecule has 0 amide bonds. The molecule has 0 aliphatic heterocycles. The maximum absolute atomic E-state index is 5.76. The van der Waals surface area contributed by atoms with Gasteiger partial charge in [-0.25, -0.2) is 0 Å². The molecule has 1 heterocycles. The molecule has 1 unspecified atom stereocenters. The first-order valence-corrected chi connectivity index (χ1v) is 3.70. The number of hydrogen-bond donors (Lipinski definition) is 2. The zero-order valence-electron chi connectivity index (χ0n) is 6.92. The standard InChI is InChI=1S/C8H14N2O/c1-6-3-4-8(11-6)7(9)5-10-2/h3-4,7,10H,5,9H2,1-2H3. The normalized spacial score (nSPS) is 13.4. The maximum Gasteiger partial charge on any atom is 0.122 e. The van der Waals surface area contributed by atoms with E-state index in [1.807, 2.05) is 26.1 Å². The van der Waals surface area contributed by atoms with E-state index in [2.05, 4.69) is 5.32 Å². The van der Waals surface area contributed by atoms with Crippen LogP contribution in [0.15, 0.2) is 16.5 Å². The van der Waals surface area contributed by atoms with Crippen LogP contribution in [0.25, 0.3) is 0 Å². The van der Waals surface area contributed by atoms with Crippen molar-refractivity contribution in [2.45, 2.75) is 13.0 Å². The fraction of sp³-hybridized carbons (Fsp3) is 0.500. The summed E-state index contributed by atoms with van der Waals surface area (Å²) < 4.78 is 5.33. The second kappa shape index (κ2) is 3.55. The second-order valence-corrected chi connectivity index (χ2v) is 2.61. The van der Waals surface area contributed by atoms with Crippen molar-refractivity contribution in [2.24, 2.45) is 5.73 Å². The first kappa shape index (κ1) is 8.30. The van der Waals surface area contributed by atoms with E-state index in [1.165, 1.54) is 0 Å². The first-order valence-electron chi connectivity index (χ1n) is 3.70. The van der Waals surface area contributed by atoms with Crippen LogP contribution in [0.2, 0.25) is 0 Å². The van der Waals surface area contributed by atoms with Crippen molar-refractivity contribution in [3.63, 3.8) is 0 Å². The summed E-state index contributed by atoms with van der Waals surface area (Å²) in [6.45, 7) is 2.66. The van der Waals surface area contributed by atoms with Crippen molar-refractivity contribution in [1.82, 2.24) is 5.32 Å². The average Bonchev–Trinajstić information content (AvgIpc) is 2.36. The van der Waals surface area contributed by atoms with Gasteiger partial charge in [-0.05, 0) is 26.1 Å². The van der Waals surface area contributed by atoms with E-state index >= 15 is 0 Å². The average molecular weight is 154 g/mol. The molecule has 0 spiro atoms. The SMILES string of the molecule is CNCC(N)c1ccc(C)o1. The van der Waals surface area contributed by atoms with E-state index in [1.54, 1.807) is 0 Å². The van der Waals surface area contributed by atoms with Gasteiger partial charge in [-0.3, -0.25) is 0 Å². The van der Waals surface area contributed by atoms with Crippen LogP contribution in [0.3, 0.4) is 0 Å². The Labute approximate surface area is 66.6 Å². The highest BCUT2D eigenvalue weighted by Crippen LogP contribution is 2.12. The Morgan fingerprint density at radius 1 is 1.64 bits per heavy atom. The summed E-state index contributed by atoms with van der Waals surface area (Å²) in [7, 11) is 1.87. The zero-order chi connectivity index (χ0) is 8.27. The Bertz CT molecular complexity index is 220. The van der Waals surface area contributed by atoms with Crippen LogP contribution in [0.1, 0.15) is 17.6 Å². The molecule has 1 rings (SSSR count). The van der Waals surface area contributed by atoms with Crippen LogP contribution < -0.4 is 11.1 Å². The van der Waals surface area contributed by atoms with E-state index in [-0.39, 0.29) is 6.04 Å². The fourth-order valence-corrected chi connectivity index (χ4v) is 0.973. The van der Waals surface area contributed by atoms with Gasteiger partial charge in [0.15, 0.2) is 0 Å². The monoisotopic (exact) mass is 154 g/mol. The van der Waals surface area contributed by atoms with Gasteiger partial charge in [0.2, 0.25) is 0 Å². The lowest BCUT2D eigenvalue weighted by molar-refractivity contribution is 0.439. The molecule has 62 valence electrons. The summed E-state index contributed by atoms with van der Waals surface area (Å²) in [5.41, 5.74) is 5.76. The first-order chi connectivity index (χ1) is 5.24. The molecule has 3 heteroatoms. The Hall–Kier alpha value is -0.800. The number of likely N-dealkylation sites (N-methyl/N-ethyl adjacent to an activating group) is 1. The Morgan fingerprint density at radius 2 is 2.36 bits per heavy atom. The molecular weight excluding hydrogens is 140 g/mol. The summed E-state index contributed by atoms with van der Waals surface area (Å²) in [5, 5.41) is 2.99. The van der Waals surface area contributed by atoms with Gasteiger partial charge in [0, 0.05) is 6.54 Å². The number of nitrogens with two attached hydrogens (primary N) is 1. The molecule has 0 aliphatic carbocycles. The van der Waals surface area contributed by atoms with Crippen molar-refractivity contribution in [1.29, 1.82) is 0 Å². The van der Waals surface area contributed by atoms with Crippen LogP contribution in [0.4, 0.5) is 0 Å². The molecule has 0 bridgehead atoms. The van der Waals surface area contributed by atoms with E-state index in [9.17, 15) is 0 Å². The van der Waals surface area contributed by atoms with Crippen molar-refractivity contribution in [3.8, 4) is 0 Å². The molecule has 1 aromatic rings. The van der Waals surface area contributed by atoms with E-state index in [0.29, 0.717) is 0 Å². The van der Waals surface area contributed by atoms with Crippen LogP contribution >= 0.6 is 0 Å². The summed E-state index contributed by atoms with van der Waals surface area (Å²) in [6, 6.07) is 3.80. The third kappa shape index (κ3) is 2.06. The lowest BCUT2D eigenvalue weighted by Crippen LogP contribution is -2.23. The number of hydrogen-bond acceptors (Lipinski definition) is 3. The molecule has 0 aromatic carbocycles. The Kier molecular flexibility index (Phi) is 2.68. The Balaban J connectivity index is 2.60. The lowest BCUT2D eigenvalue weighted by atomic mass is 10.2. The quantitative estimate of drug-likeness (QED) is 0.677. The number of aryl methyl sites for hydroxylation is 1. The summed E-state index contributed by atoms with van der Waals surface area (Å²) in [6.07, 6.45) is 0. The van der Waals surface area contributed by atoms with Crippen molar-refractivity contribution in [3.05, 3.63) is 23.7 Å². The van der Waals surface area contributed by atoms with Crippen LogP contribution in [0.5, 0.6) is 0 Å². The predicted molar refractivity (Wildman–Crippen MR) is 44.3 cm³/mol. The van der Waals surface area contributed by atoms with Crippen molar-refractivity contribution >= 4 is 0 Å². The summed E-state index contributed by atoms with van der Waals surface area (Å²) >= 11 is 0.